The molecule has 2 aliphatic rings. The molecule has 3 rings (SSSR count). The van der Waals surface area contributed by atoms with E-state index in [2.05, 4.69) is 10.6 Å². The predicted octanol–water partition coefficient (Wildman–Crippen LogP) is 2.00. The van der Waals surface area contributed by atoms with Gasteiger partial charge in [0, 0.05) is 34.9 Å². The van der Waals surface area contributed by atoms with E-state index < -0.39 is 5.91 Å². The number of primary amides is 1. The van der Waals surface area contributed by atoms with E-state index in [1.165, 1.54) is 0 Å². The lowest BCUT2D eigenvalue weighted by molar-refractivity contribution is -0.114. The van der Waals surface area contributed by atoms with E-state index >= 15 is 0 Å². The van der Waals surface area contributed by atoms with E-state index in [1.54, 1.807) is 29.2 Å². The summed E-state index contributed by atoms with van der Waals surface area (Å²) in [5.74, 6) is -0.712. The van der Waals surface area contributed by atoms with Gasteiger partial charge >= 0.3 is 6.03 Å². The van der Waals surface area contributed by atoms with Crippen molar-refractivity contribution in [2.24, 2.45) is 5.73 Å². The number of urea groups is 1. The van der Waals surface area contributed by atoms with Crippen LogP contribution in [-0.4, -0.2) is 47.7 Å². The van der Waals surface area contributed by atoms with Crippen molar-refractivity contribution in [1.82, 2.24) is 15.5 Å². The summed E-state index contributed by atoms with van der Waals surface area (Å²) in [5.41, 5.74) is 6.46. The third-order valence-corrected chi connectivity index (χ3v) is 5.37. The highest BCUT2D eigenvalue weighted by molar-refractivity contribution is 6.32. The van der Waals surface area contributed by atoms with E-state index in [1.807, 2.05) is 6.92 Å². The summed E-state index contributed by atoms with van der Waals surface area (Å²) in [6.07, 6.45) is 3.06. The maximum atomic E-state index is 12.6. The SMILES string of the molecule is CC1(NC(=O)N2CCN/C(=C(\C(=N)c3cccc(Cl)c3)C(N)=O)C2)CCC1. The molecule has 144 valence electrons. The maximum Gasteiger partial charge on any atom is 0.318 e. The lowest BCUT2D eigenvalue weighted by Crippen LogP contribution is -2.58. The Morgan fingerprint density at radius 1 is 1.37 bits per heavy atom. The fraction of sp³-hybridized carbons (Fsp3) is 0.421. The third kappa shape index (κ3) is 4.24. The first kappa shape index (κ1) is 19.2. The molecule has 0 bridgehead atoms. The van der Waals surface area contributed by atoms with Crippen molar-refractivity contribution in [1.29, 1.82) is 5.41 Å². The van der Waals surface area contributed by atoms with Crippen molar-refractivity contribution in [2.75, 3.05) is 19.6 Å². The van der Waals surface area contributed by atoms with E-state index in [0.29, 0.717) is 29.4 Å². The summed E-state index contributed by atoms with van der Waals surface area (Å²) < 4.78 is 0. The number of piperazine rings is 1. The zero-order valence-corrected chi connectivity index (χ0v) is 16.0. The number of halogens is 1. The van der Waals surface area contributed by atoms with E-state index in [-0.39, 0.29) is 29.4 Å². The highest BCUT2D eigenvalue weighted by Gasteiger charge is 2.35. The van der Waals surface area contributed by atoms with Crippen LogP contribution in [0.25, 0.3) is 0 Å². The molecule has 7 nitrogen and oxygen atoms in total. The number of hydrogen-bond acceptors (Lipinski definition) is 4. The highest BCUT2D eigenvalue weighted by atomic mass is 35.5. The Hall–Kier alpha value is -2.54. The molecule has 2 fully saturated rings. The van der Waals surface area contributed by atoms with Crippen molar-refractivity contribution < 1.29 is 9.59 Å². The number of carbonyl (C=O) groups is 2. The smallest absolute Gasteiger partial charge is 0.318 e. The minimum absolute atomic E-state index is 0.0132. The second kappa shape index (κ2) is 7.60. The fourth-order valence-corrected chi connectivity index (χ4v) is 3.58. The van der Waals surface area contributed by atoms with Gasteiger partial charge in [-0.15, -0.1) is 0 Å². The van der Waals surface area contributed by atoms with Crippen LogP contribution in [0.3, 0.4) is 0 Å². The van der Waals surface area contributed by atoms with Gasteiger partial charge in [-0.2, -0.15) is 0 Å². The van der Waals surface area contributed by atoms with Crippen molar-refractivity contribution in [3.8, 4) is 0 Å². The molecule has 1 aliphatic heterocycles. The van der Waals surface area contributed by atoms with E-state index in [4.69, 9.17) is 22.7 Å². The number of nitrogens with zero attached hydrogens (tertiary/aromatic N) is 1. The molecular weight excluding hydrogens is 366 g/mol. The van der Waals surface area contributed by atoms with Gasteiger partial charge in [-0.05, 0) is 38.3 Å². The maximum absolute atomic E-state index is 12.6. The number of amides is 3. The molecule has 1 aromatic rings. The molecule has 1 aliphatic carbocycles. The third-order valence-electron chi connectivity index (χ3n) is 5.13. The molecule has 0 unspecified atom stereocenters. The first-order valence-corrected chi connectivity index (χ1v) is 9.36. The molecule has 0 atom stereocenters. The Kier molecular flexibility index (Phi) is 5.41. The normalized spacial score (nSPS) is 20.1. The Balaban J connectivity index is 1.83. The van der Waals surface area contributed by atoms with Crippen LogP contribution in [0.1, 0.15) is 31.7 Å². The number of nitrogens with two attached hydrogens (primary N) is 1. The molecule has 0 radical (unpaired) electrons. The van der Waals surface area contributed by atoms with Gasteiger partial charge in [0.1, 0.15) is 0 Å². The van der Waals surface area contributed by atoms with Gasteiger partial charge in [-0.3, -0.25) is 10.2 Å². The molecule has 0 spiro atoms. The molecule has 1 heterocycles. The number of carbonyl (C=O) groups excluding carboxylic acids is 2. The van der Waals surface area contributed by atoms with Crippen molar-refractivity contribution in [3.05, 3.63) is 46.1 Å². The highest BCUT2D eigenvalue weighted by Crippen LogP contribution is 2.31. The van der Waals surface area contributed by atoms with Gasteiger partial charge in [-0.1, -0.05) is 23.7 Å². The second-order valence-corrected chi connectivity index (χ2v) is 7.73. The summed E-state index contributed by atoms with van der Waals surface area (Å²) in [6, 6.07) is 6.56. The lowest BCUT2D eigenvalue weighted by atomic mass is 9.79. The van der Waals surface area contributed by atoms with Gasteiger partial charge in [0.2, 0.25) is 0 Å². The fourth-order valence-electron chi connectivity index (χ4n) is 3.39. The standard InChI is InChI=1S/C19H24ClN5O2/c1-19(6-3-7-19)24-18(27)25-9-8-23-14(11-25)15(17(22)26)16(21)12-4-2-5-13(20)10-12/h2,4-5,10,21,23H,3,6-9,11H2,1H3,(H2,22,26)(H,24,27)/b15-14+,21-16?. The Morgan fingerprint density at radius 3 is 2.70 bits per heavy atom. The van der Waals surface area contributed by atoms with E-state index in [9.17, 15) is 9.59 Å². The molecule has 1 aromatic carbocycles. The molecule has 8 heteroatoms. The average molecular weight is 390 g/mol. The van der Waals surface area contributed by atoms with Crippen LogP contribution in [0, 0.1) is 5.41 Å². The monoisotopic (exact) mass is 389 g/mol. The van der Waals surface area contributed by atoms with Crippen molar-refractivity contribution in [3.63, 3.8) is 0 Å². The Labute approximate surface area is 163 Å². The molecule has 1 saturated heterocycles. The number of benzene rings is 1. The van der Waals surface area contributed by atoms with Crippen LogP contribution >= 0.6 is 11.6 Å². The quantitative estimate of drug-likeness (QED) is 0.466. The van der Waals surface area contributed by atoms with Crippen LogP contribution in [-0.2, 0) is 4.79 Å². The van der Waals surface area contributed by atoms with Crippen LogP contribution in [0.4, 0.5) is 4.79 Å². The Bertz CT molecular complexity index is 816. The van der Waals surface area contributed by atoms with Crippen LogP contribution in [0.15, 0.2) is 35.5 Å². The summed E-state index contributed by atoms with van der Waals surface area (Å²) in [6.45, 7) is 3.24. The summed E-state index contributed by atoms with van der Waals surface area (Å²) >= 11 is 6.00. The summed E-state index contributed by atoms with van der Waals surface area (Å²) in [7, 11) is 0. The number of hydrogen-bond donors (Lipinski definition) is 4. The van der Waals surface area contributed by atoms with Gasteiger partial charge < -0.3 is 21.3 Å². The van der Waals surface area contributed by atoms with E-state index in [0.717, 1.165) is 19.3 Å². The average Bonchev–Trinajstić information content (AvgIpc) is 2.60. The second-order valence-electron chi connectivity index (χ2n) is 7.30. The largest absolute Gasteiger partial charge is 0.384 e. The van der Waals surface area contributed by atoms with Gasteiger partial charge in [-0.25, -0.2) is 4.79 Å². The van der Waals surface area contributed by atoms with Gasteiger partial charge in [0.25, 0.3) is 5.91 Å². The topological polar surface area (TPSA) is 111 Å². The minimum atomic E-state index is -0.712. The van der Waals surface area contributed by atoms with Gasteiger partial charge in [0.05, 0.1) is 17.8 Å². The molecule has 5 N–H and O–H groups in total. The van der Waals surface area contributed by atoms with Gasteiger partial charge in [0.15, 0.2) is 0 Å². The van der Waals surface area contributed by atoms with Crippen molar-refractivity contribution >= 4 is 29.3 Å². The number of nitrogens with one attached hydrogen (secondary N) is 3. The minimum Gasteiger partial charge on any atom is -0.384 e. The van der Waals surface area contributed by atoms with Crippen LogP contribution in [0.5, 0.6) is 0 Å². The van der Waals surface area contributed by atoms with Crippen LogP contribution < -0.4 is 16.4 Å². The molecule has 0 aromatic heterocycles. The van der Waals surface area contributed by atoms with Crippen LogP contribution in [0.2, 0.25) is 5.02 Å². The molecule has 1 saturated carbocycles. The molecular formula is C19H24ClN5O2. The predicted molar refractivity (Wildman–Crippen MR) is 105 cm³/mol. The zero-order valence-electron chi connectivity index (χ0n) is 15.3. The first-order valence-electron chi connectivity index (χ1n) is 8.98. The summed E-state index contributed by atoms with van der Waals surface area (Å²) in [5, 5.41) is 15.1. The molecule has 27 heavy (non-hydrogen) atoms. The Morgan fingerprint density at radius 2 is 2.11 bits per heavy atom. The number of rotatable bonds is 4. The van der Waals surface area contributed by atoms with Crippen molar-refractivity contribution in [2.45, 2.75) is 31.7 Å². The zero-order chi connectivity index (χ0) is 19.6. The first-order chi connectivity index (χ1) is 12.8. The molecule has 3 amide bonds. The summed E-state index contributed by atoms with van der Waals surface area (Å²) in [4.78, 5) is 26.3. The lowest BCUT2D eigenvalue weighted by Gasteiger charge is -2.41.